The minimum absolute atomic E-state index is 0.213. The number of ether oxygens (including phenoxy) is 1. The number of carbonyl (C=O) groups excluding carboxylic acids is 1. The highest BCUT2D eigenvalue weighted by Gasteiger charge is 2.41. The fourth-order valence-electron chi connectivity index (χ4n) is 3.05. The minimum atomic E-state index is -3.50. The minimum Gasteiger partial charge on any atom is -0.465 e. The first-order chi connectivity index (χ1) is 11.8. The van der Waals surface area contributed by atoms with E-state index in [9.17, 15) is 13.2 Å². The lowest BCUT2D eigenvalue weighted by Crippen LogP contribution is -2.55. The van der Waals surface area contributed by atoms with Crippen LogP contribution < -0.4 is 5.32 Å². The number of esters is 1. The lowest BCUT2D eigenvalue weighted by atomic mass is 9.82. The van der Waals surface area contributed by atoms with E-state index in [-0.39, 0.29) is 24.2 Å². The molecular weight excluding hydrogens is 385 g/mol. The van der Waals surface area contributed by atoms with Crippen molar-refractivity contribution in [2.45, 2.75) is 50.3 Å². The summed E-state index contributed by atoms with van der Waals surface area (Å²) in [4.78, 5) is 12.4. The molecule has 0 spiro atoms. The topological polar surface area (TPSA) is 72.5 Å². The van der Waals surface area contributed by atoms with Gasteiger partial charge in [0.05, 0.1) is 12.4 Å². The van der Waals surface area contributed by atoms with Gasteiger partial charge >= 0.3 is 5.97 Å². The van der Waals surface area contributed by atoms with Crippen molar-refractivity contribution < 1.29 is 17.9 Å². The van der Waals surface area contributed by atoms with Crippen molar-refractivity contribution in [1.82, 2.24) is 5.32 Å². The number of sulfone groups is 1. The second kappa shape index (κ2) is 8.71. The smallest absolute Gasteiger partial charge is 0.326 e. The van der Waals surface area contributed by atoms with Crippen LogP contribution in [0.3, 0.4) is 0 Å². The number of hydrogen-bond donors (Lipinski definition) is 1. The Morgan fingerprint density at radius 2 is 1.92 bits per heavy atom. The van der Waals surface area contributed by atoms with E-state index in [0.717, 1.165) is 19.3 Å². The van der Waals surface area contributed by atoms with E-state index in [2.05, 4.69) is 5.32 Å². The standard InChI is InChI=1S/C17H23Cl2NO4S/c1-2-24-16(21)17(8-4-3-5-9-17)20-12-25(22,23)11-13-6-7-14(18)10-15(13)19/h6-7,10,20H,2-5,8-9,11-12H2,1H3. The Labute approximate surface area is 158 Å². The molecule has 1 fully saturated rings. The number of carbonyl (C=O) groups is 1. The summed E-state index contributed by atoms with van der Waals surface area (Å²) in [7, 11) is -3.50. The van der Waals surface area contributed by atoms with Crippen LogP contribution in [0.1, 0.15) is 44.6 Å². The predicted molar refractivity (Wildman–Crippen MR) is 99.5 cm³/mol. The van der Waals surface area contributed by atoms with Crippen LogP contribution in [0.4, 0.5) is 0 Å². The fourth-order valence-corrected chi connectivity index (χ4v) is 4.93. The van der Waals surface area contributed by atoms with Gasteiger partial charge in [0.2, 0.25) is 0 Å². The molecule has 0 atom stereocenters. The van der Waals surface area contributed by atoms with Gasteiger partial charge in [-0.05, 0) is 37.5 Å². The third-order valence-corrected chi connectivity index (χ3v) is 6.32. The van der Waals surface area contributed by atoms with E-state index >= 15 is 0 Å². The second-order valence-electron chi connectivity index (χ2n) is 6.31. The van der Waals surface area contributed by atoms with E-state index in [1.54, 1.807) is 19.1 Å². The molecule has 0 saturated heterocycles. The number of benzene rings is 1. The van der Waals surface area contributed by atoms with Gasteiger partial charge in [-0.2, -0.15) is 0 Å². The molecule has 0 aliphatic heterocycles. The van der Waals surface area contributed by atoms with E-state index in [1.807, 2.05) is 0 Å². The zero-order chi connectivity index (χ0) is 18.5. The van der Waals surface area contributed by atoms with E-state index in [1.165, 1.54) is 6.07 Å². The van der Waals surface area contributed by atoms with E-state index in [4.69, 9.17) is 27.9 Å². The van der Waals surface area contributed by atoms with Crippen LogP contribution in [0.5, 0.6) is 0 Å². The van der Waals surface area contributed by atoms with Crippen LogP contribution >= 0.6 is 23.2 Å². The van der Waals surface area contributed by atoms with Gasteiger partial charge in [0.1, 0.15) is 11.4 Å². The normalized spacial score (nSPS) is 17.2. The van der Waals surface area contributed by atoms with Crippen molar-refractivity contribution in [2.24, 2.45) is 0 Å². The quantitative estimate of drug-likeness (QED) is 0.697. The molecule has 0 unspecified atom stereocenters. The summed E-state index contributed by atoms with van der Waals surface area (Å²) in [5.41, 5.74) is -0.424. The van der Waals surface area contributed by atoms with Crippen molar-refractivity contribution in [2.75, 3.05) is 12.5 Å². The van der Waals surface area contributed by atoms with Crippen LogP contribution in [0.25, 0.3) is 0 Å². The first-order valence-corrected chi connectivity index (χ1v) is 10.9. The molecule has 25 heavy (non-hydrogen) atoms. The van der Waals surface area contributed by atoms with Crippen molar-refractivity contribution in [3.8, 4) is 0 Å². The zero-order valence-corrected chi connectivity index (χ0v) is 16.5. The first kappa shape index (κ1) is 20.5. The molecule has 0 aromatic heterocycles. The Bertz CT molecular complexity index is 715. The van der Waals surface area contributed by atoms with Gasteiger partial charge in [-0.25, -0.2) is 8.42 Å². The Morgan fingerprint density at radius 1 is 1.24 bits per heavy atom. The summed E-state index contributed by atoms with van der Waals surface area (Å²) >= 11 is 11.9. The highest BCUT2D eigenvalue weighted by molar-refractivity contribution is 7.90. The largest absolute Gasteiger partial charge is 0.465 e. The average Bonchev–Trinajstić information content (AvgIpc) is 2.57. The fraction of sp³-hybridized carbons (Fsp3) is 0.588. The monoisotopic (exact) mass is 407 g/mol. The van der Waals surface area contributed by atoms with E-state index < -0.39 is 15.4 Å². The molecule has 5 nitrogen and oxygen atoms in total. The molecule has 1 aromatic carbocycles. The van der Waals surface area contributed by atoms with Gasteiger partial charge < -0.3 is 4.74 Å². The Morgan fingerprint density at radius 3 is 2.52 bits per heavy atom. The Kier molecular flexibility index (Phi) is 7.14. The van der Waals surface area contributed by atoms with E-state index in [0.29, 0.717) is 28.5 Å². The summed E-state index contributed by atoms with van der Waals surface area (Å²) in [5, 5.41) is 3.74. The number of halogens is 2. The molecule has 1 aliphatic rings. The molecule has 0 radical (unpaired) electrons. The summed E-state index contributed by atoms with van der Waals surface area (Å²) < 4.78 is 30.2. The maximum Gasteiger partial charge on any atom is 0.326 e. The molecule has 1 aromatic rings. The van der Waals surface area contributed by atoms with Gasteiger partial charge in [0, 0.05) is 10.0 Å². The third-order valence-electron chi connectivity index (χ3n) is 4.39. The number of hydrogen-bond acceptors (Lipinski definition) is 5. The zero-order valence-electron chi connectivity index (χ0n) is 14.2. The molecule has 1 N–H and O–H groups in total. The van der Waals surface area contributed by atoms with Crippen molar-refractivity contribution in [1.29, 1.82) is 0 Å². The van der Waals surface area contributed by atoms with Crippen LogP contribution in [-0.2, 0) is 25.1 Å². The third kappa shape index (κ3) is 5.58. The van der Waals surface area contributed by atoms with Crippen molar-refractivity contribution in [3.05, 3.63) is 33.8 Å². The maximum atomic E-state index is 12.5. The van der Waals surface area contributed by atoms with Gasteiger partial charge in [0.15, 0.2) is 9.84 Å². The van der Waals surface area contributed by atoms with Gasteiger partial charge in [-0.1, -0.05) is 48.5 Å². The van der Waals surface area contributed by atoms with Crippen molar-refractivity contribution in [3.63, 3.8) is 0 Å². The highest BCUT2D eigenvalue weighted by Crippen LogP contribution is 2.30. The van der Waals surface area contributed by atoms with Crippen LogP contribution in [-0.4, -0.2) is 32.4 Å². The van der Waals surface area contributed by atoms with Gasteiger partial charge in [-0.15, -0.1) is 0 Å². The van der Waals surface area contributed by atoms with Gasteiger partial charge in [0.25, 0.3) is 0 Å². The first-order valence-electron chi connectivity index (χ1n) is 8.34. The maximum absolute atomic E-state index is 12.5. The number of rotatable bonds is 7. The lowest BCUT2D eigenvalue weighted by Gasteiger charge is -2.35. The molecule has 0 amide bonds. The molecule has 2 rings (SSSR count). The number of nitrogens with one attached hydrogen (secondary N) is 1. The lowest BCUT2D eigenvalue weighted by molar-refractivity contribution is -0.152. The van der Waals surface area contributed by atoms with Crippen LogP contribution in [0, 0.1) is 0 Å². The summed E-state index contributed by atoms with van der Waals surface area (Å²) in [5.74, 6) is -0.880. The Hall–Kier alpha value is -0.820. The van der Waals surface area contributed by atoms with Crippen molar-refractivity contribution >= 4 is 39.0 Å². The Balaban J connectivity index is 2.08. The molecule has 1 aliphatic carbocycles. The highest BCUT2D eigenvalue weighted by atomic mass is 35.5. The van der Waals surface area contributed by atoms with Crippen LogP contribution in [0.2, 0.25) is 10.0 Å². The SMILES string of the molecule is CCOC(=O)C1(NCS(=O)(=O)Cc2ccc(Cl)cc2Cl)CCCCC1. The average molecular weight is 408 g/mol. The molecule has 0 heterocycles. The summed E-state index contributed by atoms with van der Waals surface area (Å²) in [6.07, 6.45) is 3.95. The summed E-state index contributed by atoms with van der Waals surface area (Å²) in [6.45, 7) is 2.02. The molecule has 8 heteroatoms. The summed E-state index contributed by atoms with van der Waals surface area (Å²) in [6, 6.07) is 4.72. The molecular formula is C17H23Cl2NO4S. The second-order valence-corrected chi connectivity index (χ2v) is 9.22. The van der Waals surface area contributed by atoms with Gasteiger partial charge in [-0.3, -0.25) is 10.1 Å². The molecule has 140 valence electrons. The predicted octanol–water partition coefficient (Wildman–Crippen LogP) is 3.72. The molecule has 1 saturated carbocycles. The molecule has 0 bridgehead atoms. The van der Waals surface area contributed by atoms with Crippen LogP contribution in [0.15, 0.2) is 18.2 Å².